The van der Waals surface area contributed by atoms with Crippen LogP contribution in [0.3, 0.4) is 0 Å². The molecule has 18 heavy (non-hydrogen) atoms. The molecule has 1 aromatic heterocycles. The van der Waals surface area contributed by atoms with Gasteiger partial charge in [0.25, 0.3) is 0 Å². The molecular formula is C12H12N4O2. The predicted octanol–water partition coefficient (Wildman–Crippen LogP) is 1.37. The maximum absolute atomic E-state index is 10.8. The smallest absolute Gasteiger partial charge is 0.337 e. The minimum atomic E-state index is -1.03. The number of nitrogens with zero attached hydrogens (tertiary/aromatic N) is 2. The summed E-state index contributed by atoms with van der Waals surface area (Å²) in [7, 11) is 0. The van der Waals surface area contributed by atoms with Crippen LogP contribution in [0.25, 0.3) is 0 Å². The minimum Gasteiger partial charge on any atom is -0.478 e. The second-order valence-electron chi connectivity index (χ2n) is 3.66. The highest BCUT2D eigenvalue weighted by atomic mass is 16.4. The number of anilines is 2. The number of benzene rings is 1. The number of hydrogen-bond donors (Lipinski definition) is 3. The van der Waals surface area contributed by atoms with E-state index in [0.717, 1.165) is 11.4 Å². The second kappa shape index (κ2) is 5.13. The Morgan fingerprint density at radius 1 is 1.39 bits per heavy atom. The third kappa shape index (κ3) is 2.73. The zero-order chi connectivity index (χ0) is 13.0. The van der Waals surface area contributed by atoms with Crippen LogP contribution in [0, 0.1) is 0 Å². The molecule has 0 atom stereocenters. The van der Waals surface area contributed by atoms with Gasteiger partial charge in [0.05, 0.1) is 17.8 Å². The van der Waals surface area contributed by atoms with Crippen molar-refractivity contribution in [2.75, 3.05) is 11.1 Å². The van der Waals surface area contributed by atoms with E-state index in [4.69, 9.17) is 10.8 Å². The summed E-state index contributed by atoms with van der Waals surface area (Å²) < 4.78 is 0. The van der Waals surface area contributed by atoms with Gasteiger partial charge in [-0.2, -0.15) is 0 Å². The van der Waals surface area contributed by atoms with Gasteiger partial charge in [0.1, 0.15) is 6.33 Å². The molecule has 0 aliphatic rings. The monoisotopic (exact) mass is 244 g/mol. The molecule has 0 aliphatic heterocycles. The molecule has 2 rings (SSSR count). The lowest BCUT2D eigenvalue weighted by Crippen LogP contribution is -2.05. The van der Waals surface area contributed by atoms with Gasteiger partial charge in [0.2, 0.25) is 0 Å². The number of nitrogens with two attached hydrogens (primary N) is 1. The number of carboxylic acids is 1. The largest absolute Gasteiger partial charge is 0.478 e. The molecule has 0 spiro atoms. The molecule has 0 amide bonds. The van der Waals surface area contributed by atoms with Crippen LogP contribution in [0.15, 0.2) is 36.8 Å². The number of carbonyl (C=O) groups is 1. The number of aromatic carboxylic acids is 1. The number of rotatable bonds is 4. The first kappa shape index (κ1) is 11.8. The SMILES string of the molecule is Nc1cc(NCc2ccncn2)ccc1C(=O)O. The van der Waals surface area contributed by atoms with Gasteiger partial charge in [-0.25, -0.2) is 14.8 Å². The van der Waals surface area contributed by atoms with E-state index in [2.05, 4.69) is 15.3 Å². The molecule has 0 bridgehead atoms. The first-order valence-corrected chi connectivity index (χ1v) is 5.28. The van der Waals surface area contributed by atoms with Crippen LogP contribution in [0.1, 0.15) is 16.1 Å². The summed E-state index contributed by atoms with van der Waals surface area (Å²) in [5.41, 5.74) is 7.56. The van der Waals surface area contributed by atoms with Gasteiger partial charge < -0.3 is 16.2 Å². The summed E-state index contributed by atoms with van der Waals surface area (Å²) in [5.74, 6) is -1.03. The molecule has 6 nitrogen and oxygen atoms in total. The Bertz CT molecular complexity index is 557. The zero-order valence-corrected chi connectivity index (χ0v) is 9.50. The Balaban J connectivity index is 2.07. The second-order valence-corrected chi connectivity index (χ2v) is 3.66. The van der Waals surface area contributed by atoms with Gasteiger partial charge in [-0.3, -0.25) is 0 Å². The van der Waals surface area contributed by atoms with Gasteiger partial charge >= 0.3 is 5.97 Å². The molecule has 0 unspecified atom stereocenters. The van der Waals surface area contributed by atoms with Gasteiger partial charge in [0, 0.05) is 17.6 Å². The van der Waals surface area contributed by atoms with Gasteiger partial charge in [-0.1, -0.05) is 0 Å². The average molecular weight is 244 g/mol. The minimum absolute atomic E-state index is 0.0996. The molecule has 1 aromatic carbocycles. The van der Waals surface area contributed by atoms with E-state index in [0.29, 0.717) is 6.54 Å². The number of nitrogens with one attached hydrogen (secondary N) is 1. The zero-order valence-electron chi connectivity index (χ0n) is 9.50. The van der Waals surface area contributed by atoms with E-state index in [1.165, 1.54) is 12.4 Å². The topological polar surface area (TPSA) is 101 Å². The predicted molar refractivity (Wildman–Crippen MR) is 67.2 cm³/mol. The number of aromatic nitrogens is 2. The van der Waals surface area contributed by atoms with Crippen LogP contribution in [0.2, 0.25) is 0 Å². The lowest BCUT2D eigenvalue weighted by atomic mass is 10.1. The first-order valence-electron chi connectivity index (χ1n) is 5.28. The van der Waals surface area contributed by atoms with Crippen LogP contribution >= 0.6 is 0 Å². The Labute approximate surface area is 104 Å². The highest BCUT2D eigenvalue weighted by Crippen LogP contribution is 2.18. The Hall–Kier alpha value is -2.63. The van der Waals surface area contributed by atoms with Crippen molar-refractivity contribution in [1.29, 1.82) is 0 Å². The Morgan fingerprint density at radius 2 is 2.22 bits per heavy atom. The van der Waals surface area contributed by atoms with E-state index in [9.17, 15) is 4.79 Å². The van der Waals surface area contributed by atoms with Crippen molar-refractivity contribution < 1.29 is 9.90 Å². The first-order chi connectivity index (χ1) is 8.66. The fourth-order valence-corrected chi connectivity index (χ4v) is 1.48. The van der Waals surface area contributed by atoms with E-state index >= 15 is 0 Å². The molecule has 2 aromatic rings. The van der Waals surface area contributed by atoms with Crippen LogP contribution < -0.4 is 11.1 Å². The highest BCUT2D eigenvalue weighted by molar-refractivity contribution is 5.94. The van der Waals surface area contributed by atoms with E-state index < -0.39 is 5.97 Å². The summed E-state index contributed by atoms with van der Waals surface area (Å²) in [5, 5.41) is 12.0. The van der Waals surface area contributed by atoms with Crippen molar-refractivity contribution in [1.82, 2.24) is 9.97 Å². The lowest BCUT2D eigenvalue weighted by molar-refractivity contribution is 0.0698. The van der Waals surface area contributed by atoms with Gasteiger partial charge in [-0.15, -0.1) is 0 Å². The molecule has 0 fully saturated rings. The molecular weight excluding hydrogens is 232 g/mol. The van der Waals surface area contributed by atoms with Crippen LogP contribution in [0.4, 0.5) is 11.4 Å². The molecule has 0 saturated carbocycles. The summed E-state index contributed by atoms with van der Waals surface area (Å²) in [6.45, 7) is 0.522. The van der Waals surface area contributed by atoms with Crippen molar-refractivity contribution in [2.24, 2.45) is 0 Å². The Morgan fingerprint density at radius 3 is 2.83 bits per heavy atom. The highest BCUT2D eigenvalue weighted by Gasteiger charge is 2.07. The maximum atomic E-state index is 10.8. The number of carboxylic acid groups (broad SMARTS) is 1. The molecule has 4 N–H and O–H groups in total. The van der Waals surface area contributed by atoms with E-state index in [1.54, 1.807) is 24.4 Å². The normalized spacial score (nSPS) is 10.0. The van der Waals surface area contributed by atoms with Crippen LogP contribution in [-0.4, -0.2) is 21.0 Å². The molecule has 0 saturated heterocycles. The molecule has 0 aliphatic carbocycles. The van der Waals surface area contributed by atoms with Crippen LogP contribution in [-0.2, 0) is 6.54 Å². The summed E-state index contributed by atoms with van der Waals surface area (Å²) in [6.07, 6.45) is 3.13. The summed E-state index contributed by atoms with van der Waals surface area (Å²) in [4.78, 5) is 18.7. The van der Waals surface area contributed by atoms with Crippen molar-refractivity contribution >= 4 is 17.3 Å². The third-order valence-electron chi connectivity index (χ3n) is 2.40. The average Bonchev–Trinajstić information content (AvgIpc) is 2.37. The molecule has 0 radical (unpaired) electrons. The summed E-state index contributed by atoms with van der Waals surface area (Å²) in [6, 6.07) is 6.52. The van der Waals surface area contributed by atoms with E-state index in [1.807, 2.05) is 0 Å². The number of hydrogen-bond acceptors (Lipinski definition) is 5. The van der Waals surface area contributed by atoms with Crippen molar-refractivity contribution in [2.45, 2.75) is 6.54 Å². The fraction of sp³-hybridized carbons (Fsp3) is 0.0833. The maximum Gasteiger partial charge on any atom is 0.337 e. The van der Waals surface area contributed by atoms with E-state index in [-0.39, 0.29) is 11.3 Å². The standard InChI is InChI=1S/C12H12N4O2/c13-11-5-8(1-2-10(11)12(17)18)15-6-9-3-4-14-7-16-9/h1-5,7,15H,6,13H2,(H,17,18). The Kier molecular flexibility index (Phi) is 3.38. The van der Waals surface area contributed by atoms with Gasteiger partial charge in [0.15, 0.2) is 0 Å². The molecule has 6 heteroatoms. The van der Waals surface area contributed by atoms with Crippen LogP contribution in [0.5, 0.6) is 0 Å². The number of nitrogen functional groups attached to an aromatic ring is 1. The molecule has 92 valence electrons. The van der Waals surface area contributed by atoms with Gasteiger partial charge in [-0.05, 0) is 24.3 Å². The van der Waals surface area contributed by atoms with Crippen molar-refractivity contribution in [3.8, 4) is 0 Å². The third-order valence-corrected chi connectivity index (χ3v) is 2.40. The lowest BCUT2D eigenvalue weighted by Gasteiger charge is -2.08. The quantitative estimate of drug-likeness (QED) is 0.702. The van der Waals surface area contributed by atoms with Crippen molar-refractivity contribution in [3.63, 3.8) is 0 Å². The summed E-state index contributed by atoms with van der Waals surface area (Å²) >= 11 is 0. The fourth-order valence-electron chi connectivity index (χ4n) is 1.48. The molecule has 1 heterocycles. The van der Waals surface area contributed by atoms with Crippen molar-refractivity contribution in [3.05, 3.63) is 48.0 Å².